The van der Waals surface area contributed by atoms with Crippen LogP contribution in [0.1, 0.15) is 41.3 Å². The van der Waals surface area contributed by atoms with Gasteiger partial charge in [-0.3, -0.25) is 9.59 Å². The number of methoxy groups -OCH3 is 1. The summed E-state index contributed by atoms with van der Waals surface area (Å²) in [7, 11) is 1.63. The molecule has 0 aliphatic carbocycles. The molecular weight excluding hydrogens is 352 g/mol. The Morgan fingerprint density at radius 1 is 1.18 bits per heavy atom. The Morgan fingerprint density at radius 3 is 2.71 bits per heavy atom. The van der Waals surface area contributed by atoms with Crippen LogP contribution < -0.4 is 10.1 Å². The number of likely N-dealkylation sites (tertiary alicyclic amines) is 1. The summed E-state index contributed by atoms with van der Waals surface area (Å²) in [6, 6.07) is 15.3. The molecule has 1 N–H and O–H groups in total. The van der Waals surface area contributed by atoms with Gasteiger partial charge in [-0.15, -0.1) is 0 Å². The molecule has 1 saturated heterocycles. The number of hydrogen-bond acceptors (Lipinski definition) is 3. The lowest BCUT2D eigenvalue weighted by Gasteiger charge is -2.39. The highest BCUT2D eigenvalue weighted by atomic mass is 16.5. The van der Waals surface area contributed by atoms with Crippen molar-refractivity contribution in [3.05, 3.63) is 65.2 Å². The normalized spacial score (nSPS) is 19.2. The molecule has 0 unspecified atom stereocenters. The minimum absolute atomic E-state index is 0.00428. The number of benzene rings is 2. The van der Waals surface area contributed by atoms with Crippen molar-refractivity contribution >= 4 is 11.8 Å². The van der Waals surface area contributed by atoms with Gasteiger partial charge in [-0.25, -0.2) is 0 Å². The van der Waals surface area contributed by atoms with Crippen LogP contribution in [0.25, 0.3) is 0 Å². The molecule has 0 saturated carbocycles. The first-order chi connectivity index (χ1) is 13.4. The quantitative estimate of drug-likeness (QED) is 0.863. The number of carbonyl (C=O) groups excluding carboxylic acids is 2. The fourth-order valence-electron chi connectivity index (χ4n) is 3.76. The molecule has 2 aromatic carbocycles. The van der Waals surface area contributed by atoms with Crippen molar-refractivity contribution in [2.45, 2.75) is 33.2 Å². The predicted octanol–water partition coefficient (Wildman–Crippen LogP) is 3.56. The number of rotatable bonds is 5. The van der Waals surface area contributed by atoms with Gasteiger partial charge in [0.1, 0.15) is 5.75 Å². The summed E-state index contributed by atoms with van der Waals surface area (Å²) < 4.78 is 5.23. The SMILES string of the molecule is COc1cccc(CNC(=O)[C@]2(C)CCCN(C(=O)c3ccccc3C)C2)c1. The Balaban J connectivity index is 1.66. The molecule has 2 amide bonds. The molecule has 1 aliphatic heterocycles. The molecule has 0 bridgehead atoms. The van der Waals surface area contributed by atoms with Gasteiger partial charge < -0.3 is 15.0 Å². The van der Waals surface area contributed by atoms with Crippen molar-refractivity contribution in [3.63, 3.8) is 0 Å². The number of carbonyl (C=O) groups is 2. The zero-order valence-corrected chi connectivity index (χ0v) is 16.8. The van der Waals surface area contributed by atoms with E-state index in [1.54, 1.807) is 7.11 Å². The summed E-state index contributed by atoms with van der Waals surface area (Å²) in [5.41, 5.74) is 2.07. The summed E-state index contributed by atoms with van der Waals surface area (Å²) in [6.07, 6.45) is 1.59. The van der Waals surface area contributed by atoms with Crippen molar-refractivity contribution < 1.29 is 14.3 Å². The van der Waals surface area contributed by atoms with Crippen molar-refractivity contribution in [2.24, 2.45) is 5.41 Å². The van der Waals surface area contributed by atoms with Gasteiger partial charge in [0.15, 0.2) is 0 Å². The molecule has 148 valence electrons. The zero-order valence-electron chi connectivity index (χ0n) is 16.8. The molecule has 2 aromatic rings. The molecule has 0 spiro atoms. The first kappa shape index (κ1) is 19.9. The molecule has 28 heavy (non-hydrogen) atoms. The lowest BCUT2D eigenvalue weighted by molar-refractivity contribution is -0.132. The van der Waals surface area contributed by atoms with Crippen molar-refractivity contribution in [1.82, 2.24) is 10.2 Å². The van der Waals surface area contributed by atoms with E-state index in [4.69, 9.17) is 4.74 Å². The van der Waals surface area contributed by atoms with E-state index in [2.05, 4.69) is 5.32 Å². The second-order valence-electron chi connectivity index (χ2n) is 7.74. The van der Waals surface area contributed by atoms with Crippen LogP contribution in [0.4, 0.5) is 0 Å². The standard InChI is InChI=1S/C23H28N2O3/c1-17-8-4-5-11-20(17)21(26)25-13-7-12-23(2,16-25)22(27)24-15-18-9-6-10-19(14-18)28-3/h4-6,8-11,14H,7,12-13,15-16H2,1-3H3,(H,24,27)/t23-/m1/s1. The van der Waals surface area contributed by atoms with Gasteiger partial charge in [-0.05, 0) is 56.0 Å². The lowest BCUT2D eigenvalue weighted by atomic mass is 9.80. The second kappa shape index (κ2) is 8.46. The van der Waals surface area contributed by atoms with Crippen LogP contribution in [0.2, 0.25) is 0 Å². The van der Waals surface area contributed by atoms with Crippen LogP contribution >= 0.6 is 0 Å². The Bertz CT molecular complexity index is 864. The van der Waals surface area contributed by atoms with E-state index in [1.807, 2.05) is 67.3 Å². The molecular formula is C23H28N2O3. The molecule has 1 atom stereocenters. The molecule has 0 aromatic heterocycles. The third kappa shape index (κ3) is 4.35. The van der Waals surface area contributed by atoms with Gasteiger partial charge >= 0.3 is 0 Å². The minimum Gasteiger partial charge on any atom is -0.497 e. The summed E-state index contributed by atoms with van der Waals surface area (Å²) in [4.78, 5) is 27.7. The molecule has 1 fully saturated rings. The highest BCUT2D eigenvalue weighted by Crippen LogP contribution is 2.31. The van der Waals surface area contributed by atoms with E-state index in [-0.39, 0.29) is 11.8 Å². The first-order valence-corrected chi connectivity index (χ1v) is 9.69. The maximum atomic E-state index is 13.0. The van der Waals surface area contributed by atoms with E-state index in [0.717, 1.165) is 29.7 Å². The van der Waals surface area contributed by atoms with E-state index < -0.39 is 5.41 Å². The predicted molar refractivity (Wildman–Crippen MR) is 109 cm³/mol. The van der Waals surface area contributed by atoms with Crippen LogP contribution in [0.3, 0.4) is 0 Å². The van der Waals surface area contributed by atoms with E-state index >= 15 is 0 Å². The smallest absolute Gasteiger partial charge is 0.254 e. The minimum atomic E-state index is -0.588. The van der Waals surface area contributed by atoms with Crippen LogP contribution in [0.15, 0.2) is 48.5 Å². The fraction of sp³-hybridized carbons (Fsp3) is 0.391. The van der Waals surface area contributed by atoms with Crippen molar-refractivity contribution in [2.75, 3.05) is 20.2 Å². The fourth-order valence-corrected chi connectivity index (χ4v) is 3.76. The monoisotopic (exact) mass is 380 g/mol. The number of amides is 2. The highest BCUT2D eigenvalue weighted by molar-refractivity contribution is 5.96. The summed E-state index contributed by atoms with van der Waals surface area (Å²) >= 11 is 0. The Kier molecular flexibility index (Phi) is 6.02. The summed E-state index contributed by atoms with van der Waals surface area (Å²) in [5, 5.41) is 3.04. The van der Waals surface area contributed by atoms with Crippen LogP contribution in [0.5, 0.6) is 5.75 Å². The van der Waals surface area contributed by atoms with Gasteiger partial charge in [0.25, 0.3) is 5.91 Å². The molecule has 1 heterocycles. The molecule has 1 aliphatic rings. The van der Waals surface area contributed by atoms with Crippen molar-refractivity contribution in [3.8, 4) is 5.75 Å². The maximum Gasteiger partial charge on any atom is 0.254 e. The van der Waals surface area contributed by atoms with Crippen molar-refractivity contribution in [1.29, 1.82) is 0 Å². The largest absolute Gasteiger partial charge is 0.497 e. The number of nitrogens with zero attached hydrogens (tertiary/aromatic N) is 1. The molecule has 5 heteroatoms. The first-order valence-electron chi connectivity index (χ1n) is 9.69. The molecule has 0 radical (unpaired) electrons. The van der Waals surface area contributed by atoms with Crippen LogP contribution in [-0.4, -0.2) is 36.9 Å². The number of aryl methyl sites for hydroxylation is 1. The third-order valence-corrected chi connectivity index (χ3v) is 5.49. The maximum absolute atomic E-state index is 13.0. The van der Waals surface area contributed by atoms with Gasteiger partial charge in [0.2, 0.25) is 5.91 Å². The number of piperidine rings is 1. The number of nitrogens with one attached hydrogen (secondary N) is 1. The van der Waals surface area contributed by atoms with Crippen LogP contribution in [0, 0.1) is 12.3 Å². The Labute approximate surface area is 166 Å². The van der Waals surface area contributed by atoms with E-state index in [1.165, 1.54) is 0 Å². The topological polar surface area (TPSA) is 58.6 Å². The summed E-state index contributed by atoms with van der Waals surface area (Å²) in [5.74, 6) is 0.757. The average Bonchev–Trinajstić information content (AvgIpc) is 2.72. The van der Waals surface area contributed by atoms with E-state index in [9.17, 15) is 9.59 Å². The molecule has 3 rings (SSSR count). The van der Waals surface area contributed by atoms with Gasteiger partial charge in [-0.2, -0.15) is 0 Å². The van der Waals surface area contributed by atoms with Gasteiger partial charge in [-0.1, -0.05) is 30.3 Å². The van der Waals surface area contributed by atoms with Gasteiger partial charge in [0.05, 0.1) is 12.5 Å². The average molecular weight is 380 g/mol. The van der Waals surface area contributed by atoms with Gasteiger partial charge in [0, 0.05) is 25.2 Å². The summed E-state index contributed by atoms with van der Waals surface area (Å²) in [6.45, 7) is 5.45. The lowest BCUT2D eigenvalue weighted by Crippen LogP contribution is -2.51. The van der Waals surface area contributed by atoms with E-state index in [0.29, 0.717) is 25.2 Å². The number of ether oxygens (including phenoxy) is 1. The second-order valence-corrected chi connectivity index (χ2v) is 7.74. The van der Waals surface area contributed by atoms with Crippen LogP contribution in [-0.2, 0) is 11.3 Å². The zero-order chi connectivity index (χ0) is 20.1. The highest BCUT2D eigenvalue weighted by Gasteiger charge is 2.39. The third-order valence-electron chi connectivity index (χ3n) is 5.49. The molecule has 5 nitrogen and oxygen atoms in total. The Hall–Kier alpha value is -2.82. The Morgan fingerprint density at radius 2 is 1.96 bits per heavy atom. The number of hydrogen-bond donors (Lipinski definition) is 1.